The van der Waals surface area contributed by atoms with Crippen molar-refractivity contribution in [3.63, 3.8) is 0 Å². The van der Waals surface area contributed by atoms with Crippen molar-refractivity contribution in [1.29, 1.82) is 0 Å². The first-order valence-electron chi connectivity index (χ1n) is 23.4. The molecule has 2 N–H and O–H groups in total. The minimum Gasteiger partial charge on any atom is -0.374 e. The van der Waals surface area contributed by atoms with Crippen LogP contribution in [0, 0.1) is 11.3 Å². The molecule has 9 heterocycles. The van der Waals surface area contributed by atoms with Crippen LogP contribution in [-0.2, 0) is 32.6 Å². The van der Waals surface area contributed by atoms with E-state index in [4.69, 9.17) is 9.72 Å². The Morgan fingerprint density at radius 3 is 2.55 bits per heavy atom. The lowest BCUT2D eigenvalue weighted by molar-refractivity contribution is -0.142. The molecule has 6 aliphatic rings. The molecule has 18 nitrogen and oxygen atoms in total. The maximum Gasteiger partial charge on any atom is 0.329 e. The maximum atomic E-state index is 14.3. The molecule has 1 aliphatic carbocycles. The Kier molecular flexibility index (Phi) is 10.8. The molecule has 348 valence electrons. The van der Waals surface area contributed by atoms with Gasteiger partial charge in [-0.1, -0.05) is 6.07 Å². The van der Waals surface area contributed by atoms with E-state index in [1.165, 1.54) is 26.2 Å². The second kappa shape index (κ2) is 16.7. The third-order valence-electron chi connectivity index (χ3n) is 15.3. The third-order valence-corrected chi connectivity index (χ3v) is 15.3. The fraction of sp³-hybridized carbons (Fsp3) is 0.565. The van der Waals surface area contributed by atoms with Crippen LogP contribution in [0.4, 0.5) is 20.3 Å². The van der Waals surface area contributed by atoms with Gasteiger partial charge in [-0.3, -0.25) is 38.3 Å². The maximum absolute atomic E-state index is 14.3. The summed E-state index contributed by atoms with van der Waals surface area (Å²) in [5, 5.41) is 13.6. The molecular formula is C46H54F2N12O6. The summed E-state index contributed by atoms with van der Waals surface area (Å²) in [4.78, 5) is 76.1. The fourth-order valence-corrected chi connectivity index (χ4v) is 11.6. The predicted molar refractivity (Wildman–Crippen MR) is 236 cm³/mol. The lowest BCUT2D eigenvalue weighted by Crippen LogP contribution is -2.61. The molecule has 2 bridgehead atoms. The highest BCUT2D eigenvalue weighted by Gasteiger charge is 2.46. The highest BCUT2D eigenvalue weighted by atomic mass is 19.3. The number of hydrogen-bond donors (Lipinski definition) is 2. The van der Waals surface area contributed by atoms with Crippen LogP contribution in [-0.4, -0.2) is 125 Å². The number of imidazole rings is 1. The molecule has 1 spiro atoms. The molecule has 1 saturated carbocycles. The zero-order valence-corrected chi connectivity index (χ0v) is 36.9. The number of ether oxygens (including phenoxy) is 1. The number of carbonyl (C=O) groups is 4. The van der Waals surface area contributed by atoms with Gasteiger partial charge in [-0.2, -0.15) is 10.2 Å². The number of carbonyl (C=O) groups excluding carboxylic acids is 4. The van der Waals surface area contributed by atoms with Gasteiger partial charge >= 0.3 is 5.69 Å². The molecule has 11 rings (SSSR count). The number of amides is 4. The lowest BCUT2D eigenvalue weighted by Gasteiger charge is -2.54. The largest absolute Gasteiger partial charge is 0.374 e. The van der Waals surface area contributed by atoms with Gasteiger partial charge in [-0.25, -0.2) is 23.1 Å². The van der Waals surface area contributed by atoms with Gasteiger partial charge in [-0.15, -0.1) is 0 Å². The van der Waals surface area contributed by atoms with Crippen molar-refractivity contribution in [3.05, 3.63) is 70.2 Å². The molecular weight excluding hydrogens is 855 g/mol. The van der Waals surface area contributed by atoms with E-state index in [0.29, 0.717) is 55.7 Å². The first-order valence-corrected chi connectivity index (χ1v) is 23.4. The topological polar surface area (TPSA) is 186 Å². The number of aromatic nitrogens is 7. The van der Waals surface area contributed by atoms with E-state index in [0.717, 1.165) is 82.5 Å². The summed E-state index contributed by atoms with van der Waals surface area (Å²) >= 11 is 0. The highest BCUT2D eigenvalue weighted by molar-refractivity contribution is 6.08. The molecule has 1 unspecified atom stereocenters. The van der Waals surface area contributed by atoms with Gasteiger partial charge in [0.05, 0.1) is 47.7 Å². The number of nitrogens with zero attached hydrogens (tertiary/aromatic N) is 10. The van der Waals surface area contributed by atoms with E-state index in [1.54, 1.807) is 17.8 Å². The summed E-state index contributed by atoms with van der Waals surface area (Å²) in [6, 6.07) is 7.16. The van der Waals surface area contributed by atoms with Gasteiger partial charge in [0, 0.05) is 64.5 Å². The van der Waals surface area contributed by atoms with Crippen molar-refractivity contribution in [2.24, 2.45) is 18.4 Å². The van der Waals surface area contributed by atoms with Crippen LogP contribution in [0.15, 0.2) is 47.7 Å². The molecule has 66 heavy (non-hydrogen) atoms. The molecule has 4 aromatic heterocycles. The molecule has 0 radical (unpaired) electrons. The van der Waals surface area contributed by atoms with Crippen LogP contribution in [0.2, 0.25) is 0 Å². The van der Waals surface area contributed by atoms with Gasteiger partial charge in [0.1, 0.15) is 17.4 Å². The monoisotopic (exact) mass is 908 g/mol. The Morgan fingerprint density at radius 2 is 1.82 bits per heavy atom. The summed E-state index contributed by atoms with van der Waals surface area (Å²) in [6.07, 6.45) is 9.60. The number of imide groups is 1. The van der Waals surface area contributed by atoms with Gasteiger partial charge in [0.15, 0.2) is 11.3 Å². The van der Waals surface area contributed by atoms with Crippen LogP contribution < -0.4 is 21.2 Å². The Hall–Kier alpha value is -6.02. The van der Waals surface area contributed by atoms with Crippen molar-refractivity contribution in [1.82, 2.24) is 48.6 Å². The second-order valence-corrected chi connectivity index (χ2v) is 19.4. The number of nitrogens with one attached hydrogen (secondary N) is 2. The Labute approximate surface area is 378 Å². The van der Waals surface area contributed by atoms with Crippen molar-refractivity contribution in [2.45, 2.75) is 101 Å². The number of hydrogen-bond acceptors (Lipinski definition) is 11. The second-order valence-electron chi connectivity index (χ2n) is 19.4. The average molecular weight is 909 g/mol. The number of fused-ring (bicyclic) bond motifs is 4. The average Bonchev–Trinajstić information content (AvgIpc) is 4.16. The minimum atomic E-state index is -2.90. The van der Waals surface area contributed by atoms with E-state index in [1.807, 2.05) is 29.2 Å². The summed E-state index contributed by atoms with van der Waals surface area (Å²) in [7, 11) is 1.71. The molecule has 6 fully saturated rings. The van der Waals surface area contributed by atoms with E-state index in [2.05, 4.69) is 30.6 Å². The van der Waals surface area contributed by atoms with Crippen molar-refractivity contribution >= 4 is 51.8 Å². The summed E-state index contributed by atoms with van der Waals surface area (Å²) in [6.45, 7) is 5.82. The number of rotatable bonds is 11. The number of aryl methyl sites for hydroxylation is 2. The van der Waals surface area contributed by atoms with Crippen molar-refractivity contribution in [2.75, 3.05) is 56.1 Å². The first kappa shape index (κ1) is 42.6. The van der Waals surface area contributed by atoms with Crippen LogP contribution in [0.5, 0.6) is 0 Å². The Bertz CT molecular complexity index is 2790. The Morgan fingerprint density at radius 1 is 1.02 bits per heavy atom. The normalized spacial score (nSPS) is 25.4. The van der Waals surface area contributed by atoms with Crippen LogP contribution in [0.3, 0.4) is 0 Å². The van der Waals surface area contributed by atoms with Gasteiger partial charge in [0.2, 0.25) is 17.7 Å². The SMILES string of the molecule is Cn1c(=O)n(C2CCC(=O)NC2=O)c2ccc(CCCN3CC4(CCN(C(=O)[C@H]5CC[C@H](n6cc(NC(=O)c7cnn8ccc(N9C[C@H]%10C[C@@H]9CO%10)nc78)c(C(F)F)n6)CC5)CC4)C3)cc21. The van der Waals surface area contributed by atoms with Gasteiger partial charge < -0.3 is 24.8 Å². The van der Waals surface area contributed by atoms with Crippen LogP contribution in [0.25, 0.3) is 16.7 Å². The number of halogens is 2. The quantitative estimate of drug-likeness (QED) is 0.183. The number of piperidine rings is 2. The molecule has 20 heteroatoms. The first-order chi connectivity index (χ1) is 31.9. The van der Waals surface area contributed by atoms with E-state index < -0.39 is 30.0 Å². The van der Waals surface area contributed by atoms with Crippen LogP contribution >= 0.6 is 0 Å². The van der Waals surface area contributed by atoms with Crippen molar-refractivity contribution < 1.29 is 32.7 Å². The standard InChI is InChI=1S/C46H54F2N12O6/c1-54-36-19-27(4-9-34(36)60(45(54)65)35-10-11-38(61)52-43(35)63)3-2-15-55-25-46(26-55)13-17-56(18-14-46)44(64)28-5-7-29(8-6-28)59-23-33(39(53-59)40(47)48)50-42(62)32-21-49-58-16-12-37(51-41(32)58)57-22-31-20-30(57)24-66-31/h4,9,12,16,19,21,23,28-31,35,40H,2-3,5-8,10-11,13-15,17-18,20,22,24-26H2,1H3,(H,50,62)(H,52,61,63)/t28-,29-,30-,31-,35?/m1/s1. The van der Waals surface area contributed by atoms with Crippen LogP contribution in [0.1, 0.15) is 104 Å². The summed E-state index contributed by atoms with van der Waals surface area (Å²) in [5.74, 6) is -0.575. The molecule has 5 aliphatic heterocycles. The number of likely N-dealkylation sites (tertiary alicyclic amines) is 2. The van der Waals surface area contributed by atoms with E-state index in [-0.39, 0.29) is 64.7 Å². The van der Waals surface area contributed by atoms with E-state index in [9.17, 15) is 32.8 Å². The van der Waals surface area contributed by atoms with E-state index >= 15 is 0 Å². The predicted octanol–water partition coefficient (Wildman–Crippen LogP) is 4.01. The fourth-order valence-electron chi connectivity index (χ4n) is 11.6. The molecule has 5 aromatic rings. The minimum absolute atomic E-state index is 0.0537. The molecule has 3 atom stereocenters. The third kappa shape index (κ3) is 7.64. The summed E-state index contributed by atoms with van der Waals surface area (Å²) in [5.41, 5.74) is 2.50. The smallest absolute Gasteiger partial charge is 0.329 e. The number of morpholine rings is 1. The summed E-state index contributed by atoms with van der Waals surface area (Å²) < 4.78 is 40.5. The zero-order valence-electron chi connectivity index (χ0n) is 36.9. The van der Waals surface area contributed by atoms with Gasteiger partial charge in [0.25, 0.3) is 12.3 Å². The number of alkyl halides is 2. The Balaban J connectivity index is 0.641. The zero-order chi connectivity index (χ0) is 45.4. The van der Waals surface area contributed by atoms with Gasteiger partial charge in [-0.05, 0) is 99.9 Å². The number of anilines is 2. The van der Waals surface area contributed by atoms with Crippen molar-refractivity contribution in [3.8, 4) is 0 Å². The molecule has 4 amide bonds. The number of benzene rings is 1. The highest BCUT2D eigenvalue weighted by Crippen LogP contribution is 2.42. The molecule has 1 aromatic carbocycles. The lowest BCUT2D eigenvalue weighted by atomic mass is 9.71. The molecule has 5 saturated heterocycles.